The van der Waals surface area contributed by atoms with E-state index in [9.17, 15) is 9.59 Å². The number of urea groups is 1. The Hall–Kier alpha value is -3.22. The van der Waals surface area contributed by atoms with Gasteiger partial charge in [0.25, 0.3) is 5.91 Å². The van der Waals surface area contributed by atoms with Crippen molar-refractivity contribution < 1.29 is 14.3 Å². The van der Waals surface area contributed by atoms with E-state index in [2.05, 4.69) is 15.5 Å². The fraction of sp³-hybridized carbons (Fsp3) is 0.391. The number of carbonyl (C=O) groups excluding carboxylic acids is 2. The number of rotatable bonds is 5. The van der Waals surface area contributed by atoms with Crippen molar-refractivity contribution in [3.05, 3.63) is 48.0 Å². The molecule has 0 saturated carbocycles. The summed E-state index contributed by atoms with van der Waals surface area (Å²) in [5, 5.41) is 5.65. The van der Waals surface area contributed by atoms with E-state index < -0.39 is 0 Å². The molecule has 0 unspecified atom stereocenters. The van der Waals surface area contributed by atoms with Gasteiger partial charge in [0.1, 0.15) is 5.75 Å². The number of amides is 3. The molecule has 2 saturated heterocycles. The molecule has 2 aromatic rings. The third kappa shape index (κ3) is 4.50. The second-order valence-electron chi connectivity index (χ2n) is 7.74. The highest BCUT2D eigenvalue weighted by atomic mass is 16.5. The van der Waals surface area contributed by atoms with E-state index in [-0.39, 0.29) is 11.9 Å². The van der Waals surface area contributed by atoms with E-state index in [0.29, 0.717) is 22.7 Å². The highest BCUT2D eigenvalue weighted by Crippen LogP contribution is 2.29. The third-order valence-electron chi connectivity index (χ3n) is 5.65. The fourth-order valence-corrected chi connectivity index (χ4v) is 4.10. The van der Waals surface area contributed by atoms with Crippen LogP contribution in [0.4, 0.5) is 21.9 Å². The van der Waals surface area contributed by atoms with Crippen molar-refractivity contribution in [1.82, 2.24) is 4.90 Å². The number of anilines is 3. The zero-order chi connectivity index (χ0) is 20.9. The first-order chi connectivity index (χ1) is 14.6. The normalized spacial score (nSPS) is 15.9. The minimum absolute atomic E-state index is 0.0475. The number of benzene rings is 2. The molecule has 0 bridgehead atoms. The van der Waals surface area contributed by atoms with Crippen LogP contribution in [0.3, 0.4) is 0 Å². The first-order valence-electron chi connectivity index (χ1n) is 10.5. The van der Waals surface area contributed by atoms with Crippen LogP contribution in [0.15, 0.2) is 42.5 Å². The van der Waals surface area contributed by atoms with Crippen molar-refractivity contribution in [2.24, 2.45) is 0 Å². The molecule has 7 nitrogen and oxygen atoms in total. The van der Waals surface area contributed by atoms with E-state index in [1.165, 1.54) is 0 Å². The molecule has 7 heteroatoms. The smallest absolute Gasteiger partial charge is 0.323 e. The number of hydrogen-bond acceptors (Lipinski definition) is 4. The summed E-state index contributed by atoms with van der Waals surface area (Å²) in [5.41, 5.74) is 2.86. The van der Waals surface area contributed by atoms with Crippen molar-refractivity contribution in [3.8, 4) is 5.75 Å². The molecular weight excluding hydrogens is 380 g/mol. The average molecular weight is 409 g/mol. The maximum atomic E-state index is 13.2. The Labute approximate surface area is 177 Å². The molecule has 0 radical (unpaired) electrons. The second-order valence-corrected chi connectivity index (χ2v) is 7.74. The second kappa shape index (κ2) is 9.07. The van der Waals surface area contributed by atoms with Crippen molar-refractivity contribution in [3.63, 3.8) is 0 Å². The van der Waals surface area contributed by atoms with Gasteiger partial charge in [0, 0.05) is 49.3 Å². The van der Waals surface area contributed by atoms with E-state index >= 15 is 0 Å². The Kier molecular flexibility index (Phi) is 6.07. The number of nitrogens with one attached hydrogen (secondary N) is 2. The SMILES string of the molecule is COc1cccc(NC(=O)Nc2ccc(N3CCCC3)c(C(=O)N3CCCC3)c2)c1. The molecule has 30 heavy (non-hydrogen) atoms. The Morgan fingerprint density at radius 3 is 2.23 bits per heavy atom. The predicted molar refractivity (Wildman–Crippen MR) is 119 cm³/mol. The number of carbonyl (C=O) groups is 2. The monoisotopic (exact) mass is 408 g/mol. The van der Waals surface area contributed by atoms with E-state index in [4.69, 9.17) is 4.74 Å². The number of hydrogen-bond donors (Lipinski definition) is 2. The molecule has 4 rings (SSSR count). The average Bonchev–Trinajstić information content (AvgIpc) is 3.47. The van der Waals surface area contributed by atoms with Crippen LogP contribution in [-0.2, 0) is 0 Å². The number of nitrogens with zero attached hydrogens (tertiary/aromatic N) is 2. The Bertz CT molecular complexity index is 918. The largest absolute Gasteiger partial charge is 0.497 e. The van der Waals surface area contributed by atoms with Crippen LogP contribution in [-0.4, -0.2) is 50.1 Å². The van der Waals surface area contributed by atoms with Crippen molar-refractivity contribution >= 4 is 29.0 Å². The van der Waals surface area contributed by atoms with Crippen LogP contribution in [0.2, 0.25) is 0 Å². The molecule has 158 valence electrons. The standard InChI is InChI=1S/C23H28N4O3/c1-30-19-8-6-7-17(15-19)24-23(29)25-18-9-10-21(26-11-2-3-12-26)20(16-18)22(28)27-13-4-5-14-27/h6-10,15-16H,2-5,11-14H2,1H3,(H2,24,25,29). The summed E-state index contributed by atoms with van der Waals surface area (Å²) >= 11 is 0. The van der Waals surface area contributed by atoms with E-state index in [1.54, 1.807) is 25.3 Å². The molecule has 0 atom stereocenters. The molecule has 2 fully saturated rings. The first-order valence-corrected chi connectivity index (χ1v) is 10.5. The summed E-state index contributed by atoms with van der Waals surface area (Å²) in [6.07, 6.45) is 4.37. The summed E-state index contributed by atoms with van der Waals surface area (Å²) in [7, 11) is 1.58. The van der Waals surface area contributed by atoms with Gasteiger partial charge in [0.15, 0.2) is 0 Å². The summed E-state index contributed by atoms with van der Waals surface area (Å²) in [5.74, 6) is 0.715. The van der Waals surface area contributed by atoms with Gasteiger partial charge < -0.3 is 25.2 Å². The quantitative estimate of drug-likeness (QED) is 0.779. The van der Waals surface area contributed by atoms with Gasteiger partial charge in [-0.15, -0.1) is 0 Å². The summed E-state index contributed by atoms with van der Waals surface area (Å²) in [4.78, 5) is 29.9. The zero-order valence-corrected chi connectivity index (χ0v) is 17.3. The molecule has 0 aromatic heterocycles. The van der Waals surface area contributed by atoms with Crippen LogP contribution >= 0.6 is 0 Å². The molecule has 2 heterocycles. The fourth-order valence-electron chi connectivity index (χ4n) is 4.10. The van der Waals surface area contributed by atoms with Crippen molar-refractivity contribution in [2.45, 2.75) is 25.7 Å². The van der Waals surface area contributed by atoms with Crippen LogP contribution < -0.4 is 20.3 Å². The Morgan fingerprint density at radius 2 is 1.53 bits per heavy atom. The van der Waals surface area contributed by atoms with Gasteiger partial charge in [-0.2, -0.15) is 0 Å². The van der Waals surface area contributed by atoms with Gasteiger partial charge in [-0.05, 0) is 56.0 Å². The molecular formula is C23H28N4O3. The number of methoxy groups -OCH3 is 1. The van der Waals surface area contributed by atoms with Gasteiger partial charge in [0.2, 0.25) is 0 Å². The summed E-state index contributed by atoms with van der Waals surface area (Å²) < 4.78 is 5.19. The topological polar surface area (TPSA) is 73.9 Å². The minimum atomic E-state index is -0.364. The third-order valence-corrected chi connectivity index (χ3v) is 5.65. The molecule has 0 spiro atoms. The van der Waals surface area contributed by atoms with Gasteiger partial charge in [-0.1, -0.05) is 6.07 Å². The maximum Gasteiger partial charge on any atom is 0.323 e. The molecule has 2 aliphatic rings. The highest BCUT2D eigenvalue weighted by molar-refractivity contribution is 6.04. The van der Waals surface area contributed by atoms with Gasteiger partial charge >= 0.3 is 6.03 Å². The van der Waals surface area contributed by atoms with Crippen LogP contribution in [0.25, 0.3) is 0 Å². The Balaban J connectivity index is 1.53. The van der Waals surface area contributed by atoms with Crippen LogP contribution in [0.5, 0.6) is 5.75 Å². The van der Waals surface area contributed by atoms with Crippen molar-refractivity contribution in [1.29, 1.82) is 0 Å². The highest BCUT2D eigenvalue weighted by Gasteiger charge is 2.25. The van der Waals surface area contributed by atoms with Crippen LogP contribution in [0.1, 0.15) is 36.0 Å². The molecule has 0 aliphatic carbocycles. The minimum Gasteiger partial charge on any atom is -0.497 e. The van der Waals surface area contributed by atoms with Gasteiger partial charge in [-0.25, -0.2) is 4.79 Å². The van der Waals surface area contributed by atoms with Gasteiger partial charge in [-0.3, -0.25) is 4.79 Å². The van der Waals surface area contributed by atoms with Crippen LogP contribution in [0, 0.1) is 0 Å². The summed E-state index contributed by atoms with van der Waals surface area (Å²) in [6.45, 7) is 3.52. The van der Waals surface area contributed by atoms with E-state index in [1.807, 2.05) is 29.2 Å². The van der Waals surface area contributed by atoms with Gasteiger partial charge in [0.05, 0.1) is 12.7 Å². The number of likely N-dealkylation sites (tertiary alicyclic amines) is 1. The number of ether oxygens (including phenoxy) is 1. The first kappa shape index (κ1) is 20.1. The van der Waals surface area contributed by atoms with Crippen molar-refractivity contribution in [2.75, 3.05) is 48.8 Å². The lowest BCUT2D eigenvalue weighted by Crippen LogP contribution is -2.30. The molecule has 2 aliphatic heterocycles. The molecule has 2 N–H and O–H groups in total. The van der Waals surface area contributed by atoms with E-state index in [0.717, 1.165) is 57.5 Å². The predicted octanol–water partition coefficient (Wildman–Crippen LogP) is 4.18. The summed E-state index contributed by atoms with van der Waals surface area (Å²) in [6, 6.07) is 12.4. The lowest BCUT2D eigenvalue weighted by Gasteiger charge is -2.24. The lowest BCUT2D eigenvalue weighted by molar-refractivity contribution is 0.0793. The zero-order valence-electron chi connectivity index (χ0n) is 17.3. The maximum absolute atomic E-state index is 13.2. The molecule has 3 amide bonds. The molecule has 2 aromatic carbocycles. The Morgan fingerprint density at radius 1 is 0.867 bits per heavy atom. The lowest BCUT2D eigenvalue weighted by atomic mass is 10.1.